The van der Waals surface area contributed by atoms with Crippen molar-refractivity contribution in [1.29, 1.82) is 0 Å². The summed E-state index contributed by atoms with van der Waals surface area (Å²) >= 11 is 0. The predicted octanol–water partition coefficient (Wildman–Crippen LogP) is 0.288. The van der Waals surface area contributed by atoms with E-state index in [1.54, 1.807) is 0 Å². The maximum Gasteiger partial charge on any atom is 0.306 e. The summed E-state index contributed by atoms with van der Waals surface area (Å²) in [5, 5.41) is 20.3. The zero-order chi connectivity index (χ0) is 18.9. The van der Waals surface area contributed by atoms with Gasteiger partial charge in [0.1, 0.15) is 12.4 Å². The van der Waals surface area contributed by atoms with Crippen molar-refractivity contribution in [3.63, 3.8) is 0 Å². The third-order valence-corrected chi connectivity index (χ3v) is 4.29. The molecule has 1 saturated heterocycles. The van der Waals surface area contributed by atoms with Gasteiger partial charge in [-0.2, -0.15) is 5.10 Å². The molecule has 0 atom stereocenters. The van der Waals surface area contributed by atoms with Crippen LogP contribution < -0.4 is 10.6 Å². The fourth-order valence-corrected chi connectivity index (χ4v) is 2.84. The fraction of sp³-hybridized carbons (Fsp3) is 0.688. The van der Waals surface area contributed by atoms with Crippen molar-refractivity contribution >= 4 is 17.5 Å². The summed E-state index contributed by atoms with van der Waals surface area (Å²) in [7, 11) is 0. The minimum Gasteiger partial charge on any atom is -0.355 e. The molecule has 1 aromatic rings. The first-order valence-corrected chi connectivity index (χ1v) is 8.93. The summed E-state index contributed by atoms with van der Waals surface area (Å²) < 4.78 is 1.40. The molecule has 0 bridgehead atoms. The zero-order valence-electron chi connectivity index (χ0n) is 15.0. The topological polar surface area (TPSA) is 122 Å². The van der Waals surface area contributed by atoms with Gasteiger partial charge in [-0.15, -0.1) is 0 Å². The standard InChI is InChI=1S/C16H26N6O4/c1-2-6-17-16(24)12-20-7-3-13(4-8-20)19-15(23)5-9-21-11-14(10-18-21)22(25)26/h10-11,13H,2-9,12H2,1H3,(H,17,24)(H,19,23). The minimum absolute atomic E-state index is 0.0441. The lowest BCUT2D eigenvalue weighted by Crippen LogP contribution is -2.47. The third-order valence-electron chi connectivity index (χ3n) is 4.29. The largest absolute Gasteiger partial charge is 0.355 e. The van der Waals surface area contributed by atoms with Crippen LogP contribution in [0, 0.1) is 10.1 Å². The maximum atomic E-state index is 12.0. The number of nitrogens with one attached hydrogen (secondary N) is 2. The molecule has 0 aliphatic carbocycles. The molecule has 144 valence electrons. The number of likely N-dealkylation sites (tertiary alicyclic amines) is 1. The highest BCUT2D eigenvalue weighted by atomic mass is 16.6. The molecule has 2 heterocycles. The van der Waals surface area contributed by atoms with Crippen molar-refractivity contribution in [2.45, 2.75) is 45.2 Å². The molecule has 1 fully saturated rings. The van der Waals surface area contributed by atoms with Crippen LogP contribution in [0.4, 0.5) is 5.69 Å². The number of amides is 2. The number of hydrogen-bond acceptors (Lipinski definition) is 6. The molecule has 0 radical (unpaired) electrons. The quantitative estimate of drug-likeness (QED) is 0.478. The van der Waals surface area contributed by atoms with E-state index in [0.29, 0.717) is 19.6 Å². The van der Waals surface area contributed by atoms with Crippen LogP contribution >= 0.6 is 0 Å². The SMILES string of the molecule is CCCNC(=O)CN1CCC(NC(=O)CCn2cc([N+](=O)[O-])cn2)CC1. The Morgan fingerprint density at radius 3 is 2.69 bits per heavy atom. The monoisotopic (exact) mass is 366 g/mol. The van der Waals surface area contributed by atoms with Gasteiger partial charge in [-0.25, -0.2) is 0 Å². The van der Waals surface area contributed by atoms with Gasteiger partial charge in [-0.3, -0.25) is 29.3 Å². The van der Waals surface area contributed by atoms with Crippen molar-refractivity contribution in [2.24, 2.45) is 0 Å². The first-order chi connectivity index (χ1) is 12.5. The number of aryl methyl sites for hydroxylation is 1. The summed E-state index contributed by atoms with van der Waals surface area (Å²) in [4.78, 5) is 35.9. The van der Waals surface area contributed by atoms with Crippen molar-refractivity contribution < 1.29 is 14.5 Å². The Morgan fingerprint density at radius 1 is 1.35 bits per heavy atom. The minimum atomic E-state index is -0.514. The average Bonchev–Trinajstić information content (AvgIpc) is 3.09. The van der Waals surface area contributed by atoms with Crippen LogP contribution in [0.2, 0.25) is 0 Å². The molecule has 0 aromatic carbocycles. The molecule has 0 saturated carbocycles. The first kappa shape index (κ1) is 19.8. The van der Waals surface area contributed by atoms with Crippen LogP contribution in [-0.4, -0.2) is 63.6 Å². The van der Waals surface area contributed by atoms with Crippen molar-refractivity contribution in [1.82, 2.24) is 25.3 Å². The van der Waals surface area contributed by atoms with Gasteiger partial charge in [0.2, 0.25) is 11.8 Å². The van der Waals surface area contributed by atoms with E-state index in [2.05, 4.69) is 20.6 Å². The lowest BCUT2D eigenvalue weighted by atomic mass is 10.0. The molecule has 1 aliphatic heterocycles. The van der Waals surface area contributed by atoms with Gasteiger partial charge in [0.05, 0.1) is 11.5 Å². The van der Waals surface area contributed by atoms with Gasteiger partial charge in [-0.1, -0.05) is 6.92 Å². The van der Waals surface area contributed by atoms with E-state index < -0.39 is 4.92 Å². The molecule has 1 aliphatic rings. The Labute approximate surface area is 152 Å². The van der Waals surface area contributed by atoms with E-state index in [0.717, 1.165) is 32.4 Å². The number of hydrogen-bond donors (Lipinski definition) is 2. The Balaban J connectivity index is 1.64. The average molecular weight is 366 g/mol. The fourth-order valence-electron chi connectivity index (χ4n) is 2.84. The third kappa shape index (κ3) is 6.43. The van der Waals surface area contributed by atoms with Gasteiger partial charge in [-0.05, 0) is 19.3 Å². The lowest BCUT2D eigenvalue weighted by Gasteiger charge is -2.31. The molecule has 10 heteroatoms. The molecule has 0 unspecified atom stereocenters. The summed E-state index contributed by atoms with van der Waals surface area (Å²) in [6.45, 7) is 4.97. The number of piperidine rings is 1. The number of nitrogens with zero attached hydrogens (tertiary/aromatic N) is 4. The second-order valence-corrected chi connectivity index (χ2v) is 6.44. The van der Waals surface area contributed by atoms with E-state index in [4.69, 9.17) is 0 Å². The summed E-state index contributed by atoms with van der Waals surface area (Å²) in [6.07, 6.45) is 5.24. The predicted molar refractivity (Wildman–Crippen MR) is 94.4 cm³/mol. The Morgan fingerprint density at radius 2 is 2.08 bits per heavy atom. The molecule has 0 spiro atoms. The molecule has 2 rings (SSSR count). The molecule has 10 nitrogen and oxygen atoms in total. The Kier molecular flexibility index (Phi) is 7.52. The van der Waals surface area contributed by atoms with E-state index >= 15 is 0 Å². The van der Waals surface area contributed by atoms with Crippen LogP contribution in [0.5, 0.6) is 0 Å². The second kappa shape index (κ2) is 9.85. The number of aromatic nitrogens is 2. The summed E-state index contributed by atoms with van der Waals surface area (Å²) in [5.74, 6) is -0.0510. The smallest absolute Gasteiger partial charge is 0.306 e. The normalized spacial score (nSPS) is 15.6. The lowest BCUT2D eigenvalue weighted by molar-refractivity contribution is -0.385. The van der Waals surface area contributed by atoms with Gasteiger partial charge < -0.3 is 10.6 Å². The first-order valence-electron chi connectivity index (χ1n) is 8.93. The van der Waals surface area contributed by atoms with Gasteiger partial charge >= 0.3 is 5.69 Å². The van der Waals surface area contributed by atoms with Crippen LogP contribution in [0.15, 0.2) is 12.4 Å². The number of carbonyl (C=O) groups is 2. The number of carbonyl (C=O) groups excluding carboxylic acids is 2. The van der Waals surface area contributed by atoms with E-state index in [1.807, 2.05) is 6.92 Å². The molecule has 2 N–H and O–H groups in total. The maximum absolute atomic E-state index is 12.0. The molecular formula is C16H26N6O4. The zero-order valence-corrected chi connectivity index (χ0v) is 15.0. The van der Waals surface area contributed by atoms with Crippen molar-refractivity contribution in [3.8, 4) is 0 Å². The van der Waals surface area contributed by atoms with Crippen LogP contribution in [0.1, 0.15) is 32.6 Å². The van der Waals surface area contributed by atoms with E-state index in [1.165, 1.54) is 17.1 Å². The number of rotatable bonds is 9. The molecule has 2 amide bonds. The van der Waals surface area contributed by atoms with Gasteiger partial charge in [0.15, 0.2) is 0 Å². The van der Waals surface area contributed by atoms with Crippen LogP contribution in [0.25, 0.3) is 0 Å². The van der Waals surface area contributed by atoms with Crippen molar-refractivity contribution in [2.75, 3.05) is 26.2 Å². The van der Waals surface area contributed by atoms with Crippen LogP contribution in [-0.2, 0) is 16.1 Å². The highest BCUT2D eigenvalue weighted by Crippen LogP contribution is 2.11. The molecule has 26 heavy (non-hydrogen) atoms. The highest BCUT2D eigenvalue weighted by molar-refractivity contribution is 5.78. The van der Waals surface area contributed by atoms with Gasteiger partial charge in [0, 0.05) is 38.6 Å². The second-order valence-electron chi connectivity index (χ2n) is 6.44. The summed E-state index contributed by atoms with van der Waals surface area (Å²) in [6, 6.07) is 0.101. The van der Waals surface area contributed by atoms with Gasteiger partial charge in [0.25, 0.3) is 0 Å². The number of nitro groups is 1. The van der Waals surface area contributed by atoms with E-state index in [-0.39, 0.29) is 30.0 Å². The Hall–Kier alpha value is -2.49. The summed E-state index contributed by atoms with van der Waals surface area (Å²) in [5.41, 5.74) is -0.0826. The Bertz CT molecular complexity index is 624. The molecule has 1 aromatic heterocycles. The van der Waals surface area contributed by atoms with Crippen LogP contribution in [0.3, 0.4) is 0 Å². The van der Waals surface area contributed by atoms with E-state index in [9.17, 15) is 19.7 Å². The molecular weight excluding hydrogens is 340 g/mol. The highest BCUT2D eigenvalue weighted by Gasteiger charge is 2.22. The van der Waals surface area contributed by atoms with Crippen molar-refractivity contribution in [3.05, 3.63) is 22.5 Å².